The number of benzene rings is 1. The summed E-state index contributed by atoms with van der Waals surface area (Å²) >= 11 is 0. The molecule has 2 N–H and O–H groups in total. The molecule has 0 unspecified atom stereocenters. The van der Waals surface area contributed by atoms with Crippen molar-refractivity contribution < 1.29 is 13.2 Å². The highest BCUT2D eigenvalue weighted by Gasteiger charge is 2.33. The summed E-state index contributed by atoms with van der Waals surface area (Å²) in [5.41, 5.74) is 5.01. The van der Waals surface area contributed by atoms with Crippen LogP contribution < -0.4 is 10.6 Å². The molecule has 0 radical (unpaired) electrons. The van der Waals surface area contributed by atoms with E-state index in [0.717, 1.165) is 12.6 Å². The maximum Gasteiger partial charge on any atom is 0.418 e. The average molecular weight is 272 g/mol. The number of hydrogen-bond acceptors (Lipinski definition) is 2. The van der Waals surface area contributed by atoms with Crippen LogP contribution in [-0.4, -0.2) is 13.6 Å². The smallest absolute Gasteiger partial charge is 0.398 e. The summed E-state index contributed by atoms with van der Waals surface area (Å²) in [6, 6.07) is 4.13. The summed E-state index contributed by atoms with van der Waals surface area (Å²) in [6.07, 6.45) is 0.410. The van der Waals surface area contributed by atoms with Gasteiger partial charge >= 0.3 is 6.18 Å². The first-order valence-electron chi connectivity index (χ1n) is 6.56. The number of anilines is 2. The fourth-order valence-electron chi connectivity index (χ4n) is 2.71. The average Bonchev–Trinajstić information content (AvgIpc) is 2.80. The van der Waals surface area contributed by atoms with E-state index in [-0.39, 0.29) is 5.69 Å². The molecule has 2 rings (SSSR count). The van der Waals surface area contributed by atoms with Crippen LogP contribution >= 0.6 is 0 Å². The Morgan fingerprint density at radius 3 is 2.47 bits per heavy atom. The van der Waals surface area contributed by atoms with Gasteiger partial charge in [-0.25, -0.2) is 0 Å². The van der Waals surface area contributed by atoms with E-state index >= 15 is 0 Å². The number of alkyl halides is 3. The van der Waals surface area contributed by atoms with Gasteiger partial charge in [-0.05, 0) is 37.0 Å². The summed E-state index contributed by atoms with van der Waals surface area (Å²) in [5, 5.41) is 0. The topological polar surface area (TPSA) is 29.3 Å². The largest absolute Gasteiger partial charge is 0.418 e. The van der Waals surface area contributed by atoms with Crippen LogP contribution in [0.25, 0.3) is 0 Å². The molecule has 0 spiro atoms. The van der Waals surface area contributed by atoms with Crippen molar-refractivity contribution >= 4 is 11.4 Å². The standard InChI is InChI=1S/C14H19F3N2/c1-19(9-10-4-2-3-5-10)11-6-7-13(18)12(8-11)14(15,16)17/h6-8,10H,2-5,9,18H2,1H3. The molecular formula is C14H19F3N2. The van der Waals surface area contributed by atoms with E-state index in [1.807, 2.05) is 11.9 Å². The lowest BCUT2D eigenvalue weighted by Crippen LogP contribution is -2.24. The van der Waals surface area contributed by atoms with Gasteiger partial charge in [-0.15, -0.1) is 0 Å². The Morgan fingerprint density at radius 2 is 1.89 bits per heavy atom. The maximum atomic E-state index is 12.8. The van der Waals surface area contributed by atoms with Crippen molar-refractivity contribution in [3.8, 4) is 0 Å². The van der Waals surface area contributed by atoms with Gasteiger partial charge in [-0.1, -0.05) is 12.8 Å². The molecule has 1 aromatic carbocycles. The number of nitrogens with two attached hydrogens (primary N) is 1. The van der Waals surface area contributed by atoms with Gasteiger partial charge in [0, 0.05) is 25.0 Å². The van der Waals surface area contributed by atoms with Crippen LogP contribution in [0.15, 0.2) is 18.2 Å². The molecule has 1 saturated carbocycles. The van der Waals surface area contributed by atoms with Crippen LogP contribution in [0.2, 0.25) is 0 Å². The molecule has 0 saturated heterocycles. The van der Waals surface area contributed by atoms with E-state index in [4.69, 9.17) is 5.73 Å². The Hall–Kier alpha value is -1.39. The lowest BCUT2D eigenvalue weighted by Gasteiger charge is -2.24. The second kappa shape index (κ2) is 5.31. The van der Waals surface area contributed by atoms with Crippen LogP contribution in [0.5, 0.6) is 0 Å². The molecule has 1 aliphatic carbocycles. The summed E-state index contributed by atoms with van der Waals surface area (Å²) in [5.74, 6) is 0.594. The highest BCUT2D eigenvalue weighted by Crippen LogP contribution is 2.36. The third kappa shape index (κ3) is 3.33. The molecule has 19 heavy (non-hydrogen) atoms. The fraction of sp³-hybridized carbons (Fsp3) is 0.571. The summed E-state index contributed by atoms with van der Waals surface area (Å²) in [7, 11) is 1.84. The predicted octanol–water partition coefficient (Wildman–Crippen LogP) is 3.91. The fourth-order valence-corrected chi connectivity index (χ4v) is 2.71. The minimum atomic E-state index is -4.39. The van der Waals surface area contributed by atoms with E-state index in [1.165, 1.54) is 31.7 Å². The molecule has 0 amide bonds. The number of halogens is 3. The monoisotopic (exact) mass is 272 g/mol. The Morgan fingerprint density at radius 1 is 1.26 bits per heavy atom. The molecule has 0 aliphatic heterocycles. The van der Waals surface area contributed by atoms with E-state index < -0.39 is 11.7 Å². The number of nitrogens with zero attached hydrogens (tertiary/aromatic N) is 1. The zero-order valence-corrected chi connectivity index (χ0v) is 11.0. The van der Waals surface area contributed by atoms with Gasteiger partial charge in [0.2, 0.25) is 0 Å². The Bertz CT molecular complexity index is 437. The van der Waals surface area contributed by atoms with Crippen LogP contribution in [0.3, 0.4) is 0 Å². The summed E-state index contributed by atoms with van der Waals surface area (Å²) in [4.78, 5) is 1.89. The number of nitrogen functional groups attached to an aromatic ring is 1. The third-order valence-corrected chi connectivity index (χ3v) is 3.79. The van der Waals surface area contributed by atoms with Gasteiger partial charge in [0.05, 0.1) is 5.56 Å². The SMILES string of the molecule is CN(CC1CCCC1)c1ccc(N)c(C(F)(F)F)c1. The van der Waals surface area contributed by atoms with Gasteiger partial charge in [0.25, 0.3) is 0 Å². The van der Waals surface area contributed by atoms with Crippen LogP contribution in [0.4, 0.5) is 24.5 Å². The molecule has 106 valence electrons. The highest BCUT2D eigenvalue weighted by atomic mass is 19.4. The third-order valence-electron chi connectivity index (χ3n) is 3.79. The second-order valence-electron chi connectivity index (χ2n) is 5.30. The van der Waals surface area contributed by atoms with Crippen molar-refractivity contribution in [3.63, 3.8) is 0 Å². The van der Waals surface area contributed by atoms with Crippen molar-refractivity contribution in [3.05, 3.63) is 23.8 Å². The van der Waals surface area contributed by atoms with Gasteiger partial charge < -0.3 is 10.6 Å². The van der Waals surface area contributed by atoms with Crippen LogP contribution in [0.1, 0.15) is 31.2 Å². The normalized spacial score (nSPS) is 16.8. The van der Waals surface area contributed by atoms with Gasteiger partial charge in [-0.2, -0.15) is 13.2 Å². The summed E-state index contributed by atoms with van der Waals surface area (Å²) in [6.45, 7) is 0.807. The van der Waals surface area contributed by atoms with E-state index in [2.05, 4.69) is 0 Å². The van der Waals surface area contributed by atoms with Gasteiger partial charge in [-0.3, -0.25) is 0 Å². The molecule has 1 aromatic rings. The first-order chi connectivity index (χ1) is 8.88. The zero-order valence-electron chi connectivity index (χ0n) is 11.0. The van der Waals surface area contributed by atoms with Crippen molar-refractivity contribution in [2.45, 2.75) is 31.9 Å². The number of rotatable bonds is 3. The van der Waals surface area contributed by atoms with Crippen molar-refractivity contribution in [1.29, 1.82) is 0 Å². The molecule has 5 heteroatoms. The molecule has 0 bridgehead atoms. The first-order valence-corrected chi connectivity index (χ1v) is 6.56. The van der Waals surface area contributed by atoms with Crippen molar-refractivity contribution in [1.82, 2.24) is 0 Å². The minimum Gasteiger partial charge on any atom is -0.398 e. The summed E-state index contributed by atoms with van der Waals surface area (Å²) < 4.78 is 38.4. The molecule has 0 aromatic heterocycles. The van der Waals surface area contributed by atoms with Crippen molar-refractivity contribution in [2.75, 3.05) is 24.2 Å². The van der Waals surface area contributed by atoms with E-state index in [1.54, 1.807) is 6.07 Å². The lowest BCUT2D eigenvalue weighted by molar-refractivity contribution is -0.136. The van der Waals surface area contributed by atoms with Crippen LogP contribution in [-0.2, 0) is 6.18 Å². The van der Waals surface area contributed by atoms with E-state index in [9.17, 15) is 13.2 Å². The van der Waals surface area contributed by atoms with Crippen molar-refractivity contribution in [2.24, 2.45) is 5.92 Å². The highest BCUT2D eigenvalue weighted by molar-refractivity contribution is 5.59. The number of hydrogen-bond donors (Lipinski definition) is 1. The lowest BCUT2D eigenvalue weighted by atomic mass is 10.1. The molecule has 2 nitrogen and oxygen atoms in total. The maximum absolute atomic E-state index is 12.8. The Balaban J connectivity index is 2.15. The van der Waals surface area contributed by atoms with Crippen LogP contribution in [0, 0.1) is 5.92 Å². The molecule has 1 fully saturated rings. The Kier molecular flexibility index (Phi) is 3.92. The Labute approximate surface area is 111 Å². The second-order valence-corrected chi connectivity index (χ2v) is 5.30. The quantitative estimate of drug-likeness (QED) is 0.845. The first kappa shape index (κ1) is 14.0. The van der Waals surface area contributed by atoms with E-state index in [0.29, 0.717) is 11.6 Å². The van der Waals surface area contributed by atoms with Gasteiger partial charge in [0.1, 0.15) is 0 Å². The zero-order chi connectivity index (χ0) is 14.0. The molecule has 1 aliphatic rings. The molecule has 0 heterocycles. The minimum absolute atomic E-state index is 0.217. The molecular weight excluding hydrogens is 253 g/mol. The molecule has 0 atom stereocenters. The predicted molar refractivity (Wildman–Crippen MR) is 71.1 cm³/mol. The van der Waals surface area contributed by atoms with Gasteiger partial charge in [0.15, 0.2) is 0 Å².